The molecule has 4 rings (SSSR count). The summed E-state index contributed by atoms with van der Waals surface area (Å²) in [5, 5.41) is 0. The zero-order valence-corrected chi connectivity index (χ0v) is 16.5. The Balaban J connectivity index is 2.04. The fourth-order valence-corrected chi connectivity index (χ4v) is 4.11. The molecule has 0 bridgehead atoms. The van der Waals surface area contributed by atoms with Crippen molar-refractivity contribution in [2.24, 2.45) is 13.0 Å². The third-order valence-electron chi connectivity index (χ3n) is 5.28. The van der Waals surface area contributed by atoms with E-state index in [1.165, 1.54) is 20.3 Å². The van der Waals surface area contributed by atoms with Gasteiger partial charge in [0, 0.05) is 32.4 Å². The lowest BCUT2D eigenvalue weighted by molar-refractivity contribution is 0.457. The molecule has 1 aliphatic heterocycles. The monoisotopic (exact) mass is 367 g/mol. The molecule has 27 heavy (non-hydrogen) atoms. The number of rotatable bonds is 2. The molecule has 7 heteroatoms. The van der Waals surface area contributed by atoms with Crippen molar-refractivity contribution in [2.75, 3.05) is 11.4 Å². The lowest BCUT2D eigenvalue weighted by Gasteiger charge is -2.33. The molecule has 7 nitrogen and oxygen atoms in total. The fourth-order valence-electron chi connectivity index (χ4n) is 4.11. The predicted octanol–water partition coefficient (Wildman–Crippen LogP) is 2.32. The molecular weight excluding hydrogens is 342 g/mol. The van der Waals surface area contributed by atoms with Crippen LogP contribution in [-0.2, 0) is 20.1 Å². The minimum absolute atomic E-state index is 0.260. The fraction of sp³-hybridized carbons (Fsp3) is 0.450. The van der Waals surface area contributed by atoms with Gasteiger partial charge in [0.2, 0.25) is 5.95 Å². The van der Waals surface area contributed by atoms with E-state index in [4.69, 9.17) is 4.98 Å². The number of nitrogens with zero attached hydrogens (tertiary/aromatic N) is 5. The molecule has 0 saturated heterocycles. The first-order chi connectivity index (χ1) is 12.8. The molecule has 3 heterocycles. The number of imidazole rings is 1. The second kappa shape index (κ2) is 6.11. The second-order valence-corrected chi connectivity index (χ2v) is 7.65. The van der Waals surface area contributed by atoms with E-state index in [1.807, 2.05) is 11.5 Å². The first-order valence-corrected chi connectivity index (χ1v) is 9.37. The van der Waals surface area contributed by atoms with Gasteiger partial charge in [0.1, 0.15) is 0 Å². The van der Waals surface area contributed by atoms with Crippen molar-refractivity contribution in [3.63, 3.8) is 0 Å². The molecule has 1 aliphatic rings. The summed E-state index contributed by atoms with van der Waals surface area (Å²) < 4.78 is 4.74. The summed E-state index contributed by atoms with van der Waals surface area (Å²) in [6.07, 6.45) is 0. The molecule has 0 radical (unpaired) electrons. The van der Waals surface area contributed by atoms with Crippen molar-refractivity contribution in [3.8, 4) is 0 Å². The van der Waals surface area contributed by atoms with E-state index in [1.54, 1.807) is 7.05 Å². The van der Waals surface area contributed by atoms with Crippen LogP contribution in [0.1, 0.15) is 25.0 Å². The van der Waals surface area contributed by atoms with Gasteiger partial charge in [0.25, 0.3) is 5.56 Å². The van der Waals surface area contributed by atoms with Gasteiger partial charge in [-0.15, -0.1) is 0 Å². The van der Waals surface area contributed by atoms with Crippen LogP contribution in [0.5, 0.6) is 0 Å². The number of hydrogen-bond donors (Lipinski definition) is 0. The minimum Gasteiger partial charge on any atom is -0.312 e. The van der Waals surface area contributed by atoms with Crippen LogP contribution >= 0.6 is 0 Å². The Kier molecular flexibility index (Phi) is 3.98. The van der Waals surface area contributed by atoms with Crippen molar-refractivity contribution >= 4 is 22.8 Å². The largest absolute Gasteiger partial charge is 0.332 e. The number of anilines is 2. The topological polar surface area (TPSA) is 65.1 Å². The molecule has 3 aromatic rings. The number of fused-ring (bicyclic) bond motifs is 3. The van der Waals surface area contributed by atoms with E-state index in [0.717, 1.165) is 18.2 Å². The number of benzene rings is 1. The van der Waals surface area contributed by atoms with Crippen LogP contribution in [0.2, 0.25) is 0 Å². The maximum Gasteiger partial charge on any atom is 0.332 e. The smallest absolute Gasteiger partial charge is 0.312 e. The van der Waals surface area contributed by atoms with Gasteiger partial charge in [-0.25, -0.2) is 4.79 Å². The summed E-state index contributed by atoms with van der Waals surface area (Å²) in [7, 11) is 1.68. The number of aromatic nitrogens is 4. The highest BCUT2D eigenvalue weighted by atomic mass is 16.2. The molecule has 0 aliphatic carbocycles. The molecule has 0 fully saturated rings. The van der Waals surface area contributed by atoms with E-state index in [2.05, 4.69) is 43.9 Å². The predicted molar refractivity (Wildman–Crippen MR) is 107 cm³/mol. The van der Waals surface area contributed by atoms with Gasteiger partial charge in [-0.2, -0.15) is 4.98 Å². The molecule has 1 aromatic carbocycles. The van der Waals surface area contributed by atoms with Crippen LogP contribution in [0.15, 0.2) is 27.8 Å². The molecule has 142 valence electrons. The van der Waals surface area contributed by atoms with E-state index < -0.39 is 0 Å². The summed E-state index contributed by atoms with van der Waals surface area (Å²) in [5.41, 5.74) is 3.82. The van der Waals surface area contributed by atoms with E-state index >= 15 is 0 Å². The van der Waals surface area contributed by atoms with Crippen molar-refractivity contribution in [2.45, 2.75) is 40.8 Å². The van der Waals surface area contributed by atoms with Crippen molar-refractivity contribution in [3.05, 3.63) is 50.2 Å². The van der Waals surface area contributed by atoms with Gasteiger partial charge in [-0.05, 0) is 49.9 Å². The lowest BCUT2D eigenvalue weighted by atomic mass is 10.1. The molecular formula is C20H25N5O2. The van der Waals surface area contributed by atoms with Crippen LogP contribution in [-0.4, -0.2) is 25.2 Å². The van der Waals surface area contributed by atoms with Gasteiger partial charge in [-0.3, -0.25) is 13.9 Å². The molecule has 1 atom stereocenters. The van der Waals surface area contributed by atoms with E-state index in [-0.39, 0.29) is 11.2 Å². The summed E-state index contributed by atoms with van der Waals surface area (Å²) in [4.78, 5) is 32.4. The molecule has 0 N–H and O–H groups in total. The first kappa shape index (κ1) is 17.6. The average molecular weight is 367 g/mol. The van der Waals surface area contributed by atoms with E-state index in [0.29, 0.717) is 30.2 Å². The summed E-state index contributed by atoms with van der Waals surface area (Å²) >= 11 is 0. The Morgan fingerprint density at radius 3 is 2.41 bits per heavy atom. The summed E-state index contributed by atoms with van der Waals surface area (Å²) in [6.45, 7) is 10.0. The Morgan fingerprint density at radius 1 is 1.11 bits per heavy atom. The first-order valence-electron chi connectivity index (χ1n) is 9.37. The van der Waals surface area contributed by atoms with Gasteiger partial charge in [0.05, 0.1) is 0 Å². The van der Waals surface area contributed by atoms with Gasteiger partial charge in [-0.1, -0.05) is 13.0 Å². The maximum absolute atomic E-state index is 13.0. The zero-order valence-electron chi connectivity index (χ0n) is 16.5. The molecule has 0 amide bonds. The van der Waals surface area contributed by atoms with Crippen LogP contribution in [0.25, 0.3) is 11.2 Å². The summed E-state index contributed by atoms with van der Waals surface area (Å²) in [6, 6.07) is 6.42. The van der Waals surface area contributed by atoms with Crippen molar-refractivity contribution in [1.29, 1.82) is 0 Å². The van der Waals surface area contributed by atoms with Crippen LogP contribution in [0.4, 0.5) is 11.6 Å². The van der Waals surface area contributed by atoms with Crippen molar-refractivity contribution in [1.82, 2.24) is 18.7 Å². The minimum atomic E-state index is -0.323. The lowest BCUT2D eigenvalue weighted by Crippen LogP contribution is -2.40. The van der Waals surface area contributed by atoms with Gasteiger partial charge in [0.15, 0.2) is 11.2 Å². The van der Waals surface area contributed by atoms with Crippen LogP contribution in [0.3, 0.4) is 0 Å². The third kappa shape index (κ3) is 2.60. The molecule has 1 unspecified atom stereocenters. The van der Waals surface area contributed by atoms with Crippen LogP contribution < -0.4 is 16.1 Å². The number of aryl methyl sites for hydroxylation is 3. The molecule has 2 aromatic heterocycles. The highest BCUT2D eigenvalue weighted by molar-refractivity contribution is 5.77. The number of hydrogen-bond acceptors (Lipinski definition) is 4. The Hall–Kier alpha value is -2.83. The van der Waals surface area contributed by atoms with E-state index in [9.17, 15) is 9.59 Å². The van der Waals surface area contributed by atoms with Gasteiger partial charge >= 0.3 is 5.69 Å². The zero-order chi connectivity index (χ0) is 19.5. The highest BCUT2D eigenvalue weighted by Crippen LogP contribution is 2.33. The van der Waals surface area contributed by atoms with Crippen molar-refractivity contribution < 1.29 is 0 Å². The third-order valence-corrected chi connectivity index (χ3v) is 5.28. The Morgan fingerprint density at radius 2 is 1.78 bits per heavy atom. The Labute approximate surface area is 157 Å². The second-order valence-electron chi connectivity index (χ2n) is 7.65. The summed E-state index contributed by atoms with van der Waals surface area (Å²) in [5.74, 6) is 1.08. The standard InChI is InChI=1S/C20H25N5O2/c1-6-23-18(26)16-17(22(5)20(23)27)21-19-24(10-14(4)11-25(16)19)15-8-12(2)7-13(3)9-15/h7-9,14H,6,10-11H2,1-5H3. The average Bonchev–Trinajstić information content (AvgIpc) is 2.98. The molecule has 0 saturated carbocycles. The molecule has 0 spiro atoms. The maximum atomic E-state index is 13.0. The normalized spacial score (nSPS) is 16.8. The quantitative estimate of drug-likeness (QED) is 0.697. The Bertz CT molecular complexity index is 1150. The van der Waals surface area contributed by atoms with Gasteiger partial charge < -0.3 is 9.47 Å². The highest BCUT2D eigenvalue weighted by Gasteiger charge is 2.29. The SMILES string of the molecule is CCn1c(=O)c2c(nc3n2CC(C)CN3c2cc(C)cc(C)c2)n(C)c1=O. The van der Waals surface area contributed by atoms with Crippen LogP contribution in [0, 0.1) is 19.8 Å².